The summed E-state index contributed by atoms with van der Waals surface area (Å²) in [7, 11) is 2.00. The first-order valence-electron chi connectivity index (χ1n) is 6.55. The normalized spacial score (nSPS) is 15.2. The van der Waals surface area contributed by atoms with Crippen molar-refractivity contribution in [1.82, 2.24) is 19.3 Å². The molecule has 1 aliphatic carbocycles. The zero-order chi connectivity index (χ0) is 12.7. The molecular weight excluding hydrogens is 226 g/mol. The summed E-state index contributed by atoms with van der Waals surface area (Å²) in [6.45, 7) is 3.07. The Morgan fingerprint density at radius 2 is 2.22 bits per heavy atom. The van der Waals surface area contributed by atoms with Gasteiger partial charge in [-0.15, -0.1) is 0 Å². The quantitative estimate of drug-likeness (QED) is 0.897. The van der Waals surface area contributed by atoms with E-state index < -0.39 is 0 Å². The summed E-state index contributed by atoms with van der Waals surface area (Å²) >= 11 is 0. The minimum atomic E-state index is 0.608. The van der Waals surface area contributed by atoms with Gasteiger partial charge in [-0.1, -0.05) is 6.92 Å². The van der Waals surface area contributed by atoms with Crippen molar-refractivity contribution < 1.29 is 0 Å². The molecule has 1 fully saturated rings. The lowest BCUT2D eigenvalue weighted by Gasteiger charge is -1.99. The number of rotatable bonds is 4. The van der Waals surface area contributed by atoms with Crippen LogP contribution in [0.2, 0.25) is 0 Å². The summed E-state index contributed by atoms with van der Waals surface area (Å²) in [5, 5.41) is 4.33. The average Bonchev–Trinajstić information content (AvgIpc) is 3.03. The summed E-state index contributed by atoms with van der Waals surface area (Å²) in [5.41, 5.74) is 8.04. The zero-order valence-electron chi connectivity index (χ0n) is 10.9. The van der Waals surface area contributed by atoms with Gasteiger partial charge in [0.25, 0.3) is 0 Å². The molecule has 2 heterocycles. The fourth-order valence-electron chi connectivity index (χ4n) is 2.29. The van der Waals surface area contributed by atoms with Crippen LogP contribution in [0.4, 0.5) is 5.82 Å². The van der Waals surface area contributed by atoms with Crippen LogP contribution < -0.4 is 5.73 Å². The highest BCUT2D eigenvalue weighted by Crippen LogP contribution is 2.41. The molecule has 0 spiro atoms. The van der Waals surface area contributed by atoms with Crippen LogP contribution in [0.15, 0.2) is 12.4 Å². The maximum atomic E-state index is 6.15. The monoisotopic (exact) mass is 245 g/mol. The van der Waals surface area contributed by atoms with Crippen LogP contribution in [0, 0.1) is 0 Å². The fraction of sp³-hybridized carbons (Fsp3) is 0.538. The van der Waals surface area contributed by atoms with Crippen LogP contribution in [-0.4, -0.2) is 19.3 Å². The predicted molar refractivity (Wildman–Crippen MR) is 71.1 cm³/mol. The van der Waals surface area contributed by atoms with Gasteiger partial charge in [-0.3, -0.25) is 4.68 Å². The third kappa shape index (κ3) is 1.79. The first-order chi connectivity index (χ1) is 8.70. The predicted octanol–water partition coefficient (Wildman–Crippen LogP) is 2.15. The Morgan fingerprint density at radius 3 is 2.89 bits per heavy atom. The average molecular weight is 245 g/mol. The Kier molecular flexibility index (Phi) is 2.61. The van der Waals surface area contributed by atoms with Gasteiger partial charge in [0, 0.05) is 31.3 Å². The van der Waals surface area contributed by atoms with Crippen LogP contribution in [-0.2, 0) is 13.6 Å². The van der Waals surface area contributed by atoms with Gasteiger partial charge in [-0.05, 0) is 19.3 Å². The van der Waals surface area contributed by atoms with Crippen LogP contribution in [0.5, 0.6) is 0 Å². The minimum absolute atomic E-state index is 0.608. The second-order valence-electron chi connectivity index (χ2n) is 5.03. The Labute approximate surface area is 107 Å². The number of anilines is 1. The molecule has 0 aliphatic heterocycles. The number of aromatic nitrogens is 4. The van der Waals surface area contributed by atoms with Gasteiger partial charge in [0.2, 0.25) is 0 Å². The molecule has 5 nitrogen and oxygen atoms in total. The zero-order valence-corrected chi connectivity index (χ0v) is 10.9. The molecule has 0 aromatic carbocycles. The van der Waals surface area contributed by atoms with Gasteiger partial charge in [-0.2, -0.15) is 5.10 Å². The third-order valence-corrected chi connectivity index (χ3v) is 3.48. The molecule has 96 valence electrons. The second-order valence-corrected chi connectivity index (χ2v) is 5.03. The molecule has 3 rings (SSSR count). The third-order valence-electron chi connectivity index (χ3n) is 3.48. The number of hydrogen-bond acceptors (Lipinski definition) is 3. The first-order valence-corrected chi connectivity index (χ1v) is 6.55. The van der Waals surface area contributed by atoms with E-state index in [-0.39, 0.29) is 0 Å². The maximum Gasteiger partial charge on any atom is 0.131 e. The van der Waals surface area contributed by atoms with Crippen molar-refractivity contribution in [3.05, 3.63) is 18.2 Å². The van der Waals surface area contributed by atoms with Gasteiger partial charge >= 0.3 is 0 Å². The fourth-order valence-corrected chi connectivity index (χ4v) is 2.29. The van der Waals surface area contributed by atoms with Crippen LogP contribution in [0.3, 0.4) is 0 Å². The van der Waals surface area contributed by atoms with E-state index in [1.807, 2.05) is 28.7 Å². The van der Waals surface area contributed by atoms with Gasteiger partial charge in [0.05, 0.1) is 6.20 Å². The minimum Gasteiger partial charge on any atom is -0.383 e. The molecule has 5 heteroatoms. The van der Waals surface area contributed by atoms with E-state index in [0.29, 0.717) is 5.92 Å². The highest BCUT2D eigenvalue weighted by molar-refractivity contribution is 5.70. The number of nitrogens with two attached hydrogens (primary N) is 1. The Hall–Kier alpha value is -1.78. The smallest absolute Gasteiger partial charge is 0.131 e. The van der Waals surface area contributed by atoms with Crippen LogP contribution in [0.1, 0.15) is 37.9 Å². The number of aryl methyl sites for hydroxylation is 1. The Balaban J connectivity index is 1.97. The summed E-state index contributed by atoms with van der Waals surface area (Å²) in [4.78, 5) is 4.70. The Morgan fingerprint density at radius 1 is 1.44 bits per heavy atom. The highest BCUT2D eigenvalue weighted by atomic mass is 15.3. The van der Waals surface area contributed by atoms with Gasteiger partial charge in [0.1, 0.15) is 17.3 Å². The van der Waals surface area contributed by atoms with Crippen molar-refractivity contribution in [3.8, 4) is 11.3 Å². The van der Waals surface area contributed by atoms with Crippen molar-refractivity contribution >= 4 is 5.82 Å². The number of nitrogen functional groups attached to an aromatic ring is 1. The van der Waals surface area contributed by atoms with Crippen molar-refractivity contribution in [3.63, 3.8) is 0 Å². The summed E-state index contributed by atoms with van der Waals surface area (Å²) in [5.74, 6) is 2.47. The molecular formula is C13H19N5. The molecule has 0 saturated heterocycles. The van der Waals surface area contributed by atoms with Crippen LogP contribution in [0.25, 0.3) is 11.3 Å². The standard InChI is InChI=1S/C13H19N5/c1-3-6-18-8-10(7-15-18)11-12(14)17(2)13(16-11)9-4-5-9/h7-9H,3-6,14H2,1-2H3. The lowest BCUT2D eigenvalue weighted by molar-refractivity contribution is 0.603. The second kappa shape index (κ2) is 4.15. The molecule has 2 aromatic rings. The van der Waals surface area contributed by atoms with Crippen molar-refractivity contribution in [2.45, 2.75) is 38.6 Å². The van der Waals surface area contributed by atoms with E-state index in [9.17, 15) is 0 Å². The van der Waals surface area contributed by atoms with Gasteiger partial charge in [-0.25, -0.2) is 4.98 Å². The van der Waals surface area contributed by atoms with Crippen molar-refractivity contribution in [2.24, 2.45) is 7.05 Å². The SMILES string of the molecule is CCCn1cc(-c2nc(C3CC3)n(C)c2N)cn1. The first kappa shape index (κ1) is 11.3. The summed E-state index contributed by atoms with van der Waals surface area (Å²) in [6.07, 6.45) is 7.42. The molecule has 1 aliphatic rings. The maximum absolute atomic E-state index is 6.15. The van der Waals surface area contributed by atoms with E-state index in [1.54, 1.807) is 0 Å². The van der Waals surface area contributed by atoms with E-state index in [4.69, 9.17) is 10.7 Å². The highest BCUT2D eigenvalue weighted by Gasteiger charge is 2.30. The topological polar surface area (TPSA) is 61.7 Å². The number of imidazole rings is 1. The molecule has 0 amide bonds. The van der Waals surface area contributed by atoms with Crippen molar-refractivity contribution in [2.75, 3.05) is 5.73 Å². The van der Waals surface area contributed by atoms with Crippen LogP contribution >= 0.6 is 0 Å². The van der Waals surface area contributed by atoms with E-state index >= 15 is 0 Å². The molecule has 0 unspecified atom stereocenters. The Bertz CT molecular complexity index is 562. The molecule has 0 bridgehead atoms. The molecule has 0 atom stereocenters. The lowest BCUT2D eigenvalue weighted by atomic mass is 10.2. The van der Waals surface area contributed by atoms with E-state index in [1.165, 1.54) is 12.8 Å². The molecule has 18 heavy (non-hydrogen) atoms. The molecule has 2 aromatic heterocycles. The molecule has 0 radical (unpaired) electrons. The van der Waals surface area contributed by atoms with Gasteiger partial charge in [0.15, 0.2) is 0 Å². The number of hydrogen-bond donors (Lipinski definition) is 1. The largest absolute Gasteiger partial charge is 0.383 e. The molecule has 2 N–H and O–H groups in total. The van der Waals surface area contributed by atoms with Crippen molar-refractivity contribution in [1.29, 1.82) is 0 Å². The summed E-state index contributed by atoms with van der Waals surface area (Å²) < 4.78 is 3.96. The lowest BCUT2D eigenvalue weighted by Crippen LogP contribution is -2.00. The summed E-state index contributed by atoms with van der Waals surface area (Å²) in [6, 6.07) is 0. The van der Waals surface area contributed by atoms with E-state index in [0.717, 1.165) is 35.9 Å². The van der Waals surface area contributed by atoms with E-state index in [2.05, 4.69) is 12.0 Å². The van der Waals surface area contributed by atoms with Gasteiger partial charge < -0.3 is 10.3 Å². The molecule has 1 saturated carbocycles. The number of nitrogens with zero attached hydrogens (tertiary/aromatic N) is 4.